The molecule has 3 heteroatoms. The summed E-state index contributed by atoms with van der Waals surface area (Å²) < 4.78 is 4.76. The summed E-state index contributed by atoms with van der Waals surface area (Å²) in [5, 5.41) is 3.38. The van der Waals surface area contributed by atoms with Gasteiger partial charge in [0.15, 0.2) is 0 Å². The van der Waals surface area contributed by atoms with E-state index in [1.165, 1.54) is 13.5 Å². The summed E-state index contributed by atoms with van der Waals surface area (Å²) in [6.07, 6.45) is 3.46. The van der Waals surface area contributed by atoms with Crippen molar-refractivity contribution >= 4 is 5.97 Å². The molecule has 0 radical (unpaired) electrons. The molecule has 3 fully saturated rings. The summed E-state index contributed by atoms with van der Waals surface area (Å²) in [5.41, 5.74) is 0. The maximum Gasteiger partial charge on any atom is 0.310 e. The SMILES string of the molecule is COC(=O)[C@@H]1C[C@H]2CC[C@@H]1NC2. The Balaban J connectivity index is 2.03. The van der Waals surface area contributed by atoms with Gasteiger partial charge in [0.05, 0.1) is 13.0 Å². The third-order valence-corrected chi connectivity index (χ3v) is 3.13. The monoisotopic (exact) mass is 169 g/mol. The molecule has 0 aromatic carbocycles. The van der Waals surface area contributed by atoms with E-state index in [0.717, 1.165) is 19.4 Å². The van der Waals surface area contributed by atoms with Gasteiger partial charge in [-0.15, -0.1) is 0 Å². The number of esters is 1. The molecule has 12 heavy (non-hydrogen) atoms. The van der Waals surface area contributed by atoms with Crippen LogP contribution in [-0.2, 0) is 9.53 Å². The molecule has 0 amide bonds. The Morgan fingerprint density at radius 3 is 2.75 bits per heavy atom. The first kappa shape index (κ1) is 8.05. The number of methoxy groups -OCH3 is 1. The fourth-order valence-electron chi connectivity index (χ4n) is 2.42. The van der Waals surface area contributed by atoms with Crippen LogP contribution in [0.4, 0.5) is 0 Å². The van der Waals surface area contributed by atoms with Crippen LogP contribution in [0.15, 0.2) is 0 Å². The van der Waals surface area contributed by atoms with E-state index in [0.29, 0.717) is 12.0 Å². The van der Waals surface area contributed by atoms with Gasteiger partial charge in [-0.1, -0.05) is 0 Å². The minimum Gasteiger partial charge on any atom is -0.469 e. The molecule has 1 N–H and O–H groups in total. The lowest BCUT2D eigenvalue weighted by molar-refractivity contribution is -0.149. The average molecular weight is 169 g/mol. The molecule has 3 atom stereocenters. The molecule has 3 rings (SSSR count). The Morgan fingerprint density at radius 2 is 2.33 bits per heavy atom. The van der Waals surface area contributed by atoms with Crippen LogP contribution in [0.2, 0.25) is 0 Å². The van der Waals surface area contributed by atoms with Gasteiger partial charge in [0, 0.05) is 6.04 Å². The molecule has 2 saturated heterocycles. The number of ether oxygens (including phenoxy) is 1. The zero-order valence-corrected chi connectivity index (χ0v) is 7.38. The first-order valence-corrected chi connectivity index (χ1v) is 4.62. The van der Waals surface area contributed by atoms with Crippen molar-refractivity contribution in [3.8, 4) is 0 Å². The van der Waals surface area contributed by atoms with Gasteiger partial charge < -0.3 is 10.1 Å². The zero-order valence-electron chi connectivity index (χ0n) is 7.38. The number of rotatable bonds is 1. The van der Waals surface area contributed by atoms with E-state index in [2.05, 4.69) is 5.32 Å². The molecule has 0 aromatic heterocycles. The highest BCUT2D eigenvalue weighted by atomic mass is 16.5. The van der Waals surface area contributed by atoms with Crippen LogP contribution in [0.1, 0.15) is 19.3 Å². The van der Waals surface area contributed by atoms with Gasteiger partial charge in [0.1, 0.15) is 0 Å². The van der Waals surface area contributed by atoms with E-state index in [9.17, 15) is 4.79 Å². The van der Waals surface area contributed by atoms with Crippen molar-refractivity contribution in [1.29, 1.82) is 0 Å². The van der Waals surface area contributed by atoms with Crippen molar-refractivity contribution < 1.29 is 9.53 Å². The van der Waals surface area contributed by atoms with Gasteiger partial charge in [0.2, 0.25) is 0 Å². The summed E-state index contributed by atoms with van der Waals surface area (Å²) in [5.74, 6) is 0.804. The van der Waals surface area contributed by atoms with Gasteiger partial charge in [-0.2, -0.15) is 0 Å². The number of fused-ring (bicyclic) bond motifs is 3. The van der Waals surface area contributed by atoms with E-state index < -0.39 is 0 Å². The van der Waals surface area contributed by atoms with Crippen LogP contribution in [0.5, 0.6) is 0 Å². The number of nitrogens with one attached hydrogen (secondary N) is 1. The molecule has 2 heterocycles. The van der Waals surface area contributed by atoms with E-state index in [-0.39, 0.29) is 11.9 Å². The van der Waals surface area contributed by atoms with E-state index >= 15 is 0 Å². The lowest BCUT2D eigenvalue weighted by Crippen LogP contribution is -2.52. The molecule has 3 nitrogen and oxygen atoms in total. The smallest absolute Gasteiger partial charge is 0.310 e. The van der Waals surface area contributed by atoms with Crippen molar-refractivity contribution in [3.05, 3.63) is 0 Å². The molecule has 68 valence electrons. The molecule has 0 unspecified atom stereocenters. The lowest BCUT2D eigenvalue weighted by Gasteiger charge is -2.41. The third-order valence-electron chi connectivity index (χ3n) is 3.13. The third kappa shape index (κ3) is 1.22. The molecule has 3 aliphatic rings. The summed E-state index contributed by atoms with van der Waals surface area (Å²) in [6, 6.07) is 0.391. The van der Waals surface area contributed by atoms with Crippen LogP contribution in [-0.4, -0.2) is 25.7 Å². The Morgan fingerprint density at radius 1 is 1.50 bits per heavy atom. The topological polar surface area (TPSA) is 38.3 Å². The van der Waals surface area contributed by atoms with Crippen LogP contribution in [0, 0.1) is 11.8 Å². The number of hydrogen-bond donors (Lipinski definition) is 1. The van der Waals surface area contributed by atoms with E-state index in [4.69, 9.17) is 4.74 Å². The van der Waals surface area contributed by atoms with Crippen LogP contribution in [0.3, 0.4) is 0 Å². The maximum atomic E-state index is 11.3. The first-order valence-electron chi connectivity index (χ1n) is 4.62. The van der Waals surface area contributed by atoms with E-state index in [1.54, 1.807) is 0 Å². The van der Waals surface area contributed by atoms with Gasteiger partial charge >= 0.3 is 5.97 Å². The zero-order chi connectivity index (χ0) is 8.55. The van der Waals surface area contributed by atoms with Crippen molar-refractivity contribution in [1.82, 2.24) is 5.32 Å². The molecule has 2 aliphatic heterocycles. The summed E-state index contributed by atoms with van der Waals surface area (Å²) in [4.78, 5) is 11.3. The van der Waals surface area contributed by atoms with Crippen LogP contribution >= 0.6 is 0 Å². The van der Waals surface area contributed by atoms with Crippen molar-refractivity contribution in [3.63, 3.8) is 0 Å². The second-order valence-electron chi connectivity index (χ2n) is 3.82. The molecule has 1 aliphatic carbocycles. The Kier molecular flexibility index (Phi) is 2.05. The second kappa shape index (κ2) is 3.05. The first-order chi connectivity index (χ1) is 5.81. The summed E-state index contributed by atoms with van der Waals surface area (Å²) in [6.45, 7) is 1.10. The molecule has 0 spiro atoms. The minimum absolute atomic E-state index is 0.0306. The standard InChI is InChI=1S/C9H15NO2/c1-12-9(11)7-4-6-2-3-8(7)10-5-6/h6-8,10H,2-5H2,1H3/t6-,7-,8+/m1/s1. The van der Waals surface area contributed by atoms with Gasteiger partial charge in [-0.25, -0.2) is 0 Å². The highest BCUT2D eigenvalue weighted by molar-refractivity contribution is 5.73. The number of piperidine rings is 2. The molecule has 0 aromatic rings. The fraction of sp³-hybridized carbons (Fsp3) is 0.889. The average Bonchev–Trinajstić information content (AvgIpc) is 2.18. The van der Waals surface area contributed by atoms with Gasteiger partial charge in [-0.05, 0) is 31.7 Å². The molecule has 1 saturated carbocycles. The predicted molar refractivity (Wildman–Crippen MR) is 44.6 cm³/mol. The highest BCUT2D eigenvalue weighted by Gasteiger charge is 2.39. The predicted octanol–water partition coefficient (Wildman–Crippen LogP) is 0.547. The summed E-state index contributed by atoms with van der Waals surface area (Å²) in [7, 11) is 1.48. The largest absolute Gasteiger partial charge is 0.469 e. The lowest BCUT2D eigenvalue weighted by atomic mass is 9.74. The van der Waals surface area contributed by atoms with Crippen molar-refractivity contribution in [2.75, 3.05) is 13.7 Å². The van der Waals surface area contributed by atoms with Crippen LogP contribution < -0.4 is 5.32 Å². The second-order valence-corrected chi connectivity index (χ2v) is 3.82. The Hall–Kier alpha value is -0.570. The van der Waals surface area contributed by atoms with Gasteiger partial charge in [0.25, 0.3) is 0 Å². The molecule has 2 bridgehead atoms. The number of carbonyl (C=O) groups excluding carboxylic acids is 1. The number of carbonyl (C=O) groups is 1. The molecular weight excluding hydrogens is 154 g/mol. The van der Waals surface area contributed by atoms with E-state index in [1.807, 2.05) is 0 Å². The number of hydrogen-bond acceptors (Lipinski definition) is 3. The maximum absolute atomic E-state index is 11.3. The normalized spacial score (nSPS) is 39.6. The highest BCUT2D eigenvalue weighted by Crippen LogP contribution is 2.34. The Labute approximate surface area is 72.5 Å². The van der Waals surface area contributed by atoms with Gasteiger partial charge in [-0.3, -0.25) is 4.79 Å². The molecular formula is C9H15NO2. The summed E-state index contributed by atoms with van der Waals surface area (Å²) >= 11 is 0. The van der Waals surface area contributed by atoms with Crippen LogP contribution in [0.25, 0.3) is 0 Å². The quantitative estimate of drug-likeness (QED) is 0.582. The minimum atomic E-state index is -0.0306. The van der Waals surface area contributed by atoms with Crippen molar-refractivity contribution in [2.24, 2.45) is 11.8 Å². The van der Waals surface area contributed by atoms with Crippen molar-refractivity contribution in [2.45, 2.75) is 25.3 Å². The Bertz CT molecular complexity index is 185. The fourth-order valence-corrected chi connectivity index (χ4v) is 2.42.